The third-order valence-corrected chi connectivity index (χ3v) is 11.4. The number of carbonyl (C=O) groups excluding carboxylic acids is 5. The summed E-state index contributed by atoms with van der Waals surface area (Å²) in [6.07, 6.45) is -20.8. The Bertz CT molecular complexity index is 1900. The molecule has 0 radical (unpaired) electrons. The molecule has 0 unspecified atom stereocenters. The molecule has 2 N–H and O–H groups in total. The first-order valence-electron chi connectivity index (χ1n) is 13.4. The van der Waals surface area contributed by atoms with Crippen molar-refractivity contribution in [2.75, 3.05) is 0 Å². The molecule has 2 aliphatic heterocycles. The van der Waals surface area contributed by atoms with Crippen LogP contribution in [0, 0.1) is 11.6 Å². The first kappa shape index (κ1) is 50.3. The number of aromatic hydroxyl groups is 2. The van der Waals surface area contributed by atoms with Gasteiger partial charge in [-0.2, -0.15) is 52.7 Å². The zero-order valence-corrected chi connectivity index (χ0v) is 37.6. The Balaban J connectivity index is 0.000000473. The van der Waals surface area contributed by atoms with E-state index in [4.69, 9.17) is 49.1 Å². The van der Waals surface area contributed by atoms with E-state index in [0.717, 1.165) is 12.1 Å². The SMILES string of the molecule is O=C([O-])C(F)(F)F.O=C([O-])C(F)(F)F.O=C([O-])C(F)(F)F.O=C([O-])C(F)(F)F.O=C1OC2(c3ccccc31)c1cc(F)c(O)[c]([Hg+2])c1Oc1c2cc(F)c(O)[c]1[Hg+2]. The van der Waals surface area contributed by atoms with Crippen LogP contribution in [0.25, 0.3) is 0 Å². The van der Waals surface area contributed by atoms with E-state index in [2.05, 4.69) is 0 Å². The molecule has 0 saturated carbocycles. The van der Waals surface area contributed by atoms with Gasteiger partial charge in [-0.3, -0.25) is 0 Å². The number of alkyl halides is 12. The second kappa shape index (κ2) is 18.3. The predicted octanol–water partition coefficient (Wildman–Crippen LogP) is -0.517. The molecule has 0 amide bonds. The Morgan fingerprint density at radius 2 is 0.860 bits per heavy atom. The average Bonchev–Trinajstić information content (AvgIpc) is 3.35. The van der Waals surface area contributed by atoms with Crippen molar-refractivity contribution < 1.29 is 178 Å². The summed E-state index contributed by atoms with van der Waals surface area (Å²) in [6.45, 7) is 0. The number of halogens is 14. The Hall–Kier alpha value is -4.70. The summed E-state index contributed by atoms with van der Waals surface area (Å²) >= 11 is -0.508. The molecule has 29 heteroatoms. The number of fused-ring (bicyclic) bond motifs is 6. The zero-order valence-electron chi connectivity index (χ0n) is 26.6. The number of carbonyl (C=O) groups is 5. The summed E-state index contributed by atoms with van der Waals surface area (Å²) in [6, 6.07) is 8.79. The summed E-state index contributed by atoms with van der Waals surface area (Å²) in [4.78, 5) is 47.8. The number of rotatable bonds is 0. The van der Waals surface area contributed by atoms with Crippen LogP contribution in [0.15, 0.2) is 36.4 Å². The van der Waals surface area contributed by atoms with Crippen molar-refractivity contribution in [3.05, 3.63) is 70.3 Å². The first-order valence-corrected chi connectivity index (χ1v) is 18.9. The van der Waals surface area contributed by atoms with Gasteiger partial charge in [-0.1, -0.05) is 0 Å². The van der Waals surface area contributed by atoms with Crippen LogP contribution in [0.2, 0.25) is 0 Å². The normalized spacial score (nSPS) is 13.4. The average molecular weight is 1220 g/mol. The van der Waals surface area contributed by atoms with Gasteiger partial charge in [0, 0.05) is 0 Å². The zero-order chi connectivity index (χ0) is 45.0. The summed E-state index contributed by atoms with van der Waals surface area (Å²) in [5, 5.41) is 55.4. The number of benzene rings is 3. The van der Waals surface area contributed by atoms with E-state index in [-0.39, 0.29) is 80.4 Å². The van der Waals surface area contributed by atoms with Gasteiger partial charge >= 0.3 is 221 Å². The standard InChI is InChI=1S/C20H8F2O5.4C2HF3O2.2Hg/c21-13-5-11-17(7-15(13)23)26-18-8-16(24)14(22)6-12(18)20(11)10-4-2-1-3-9(10)19(25)27-20;4*3-2(4,5)1(6)7;;/h1-6,23-24H;4*(H,6,7);;/q;;;;;2*+2/p-4. The minimum atomic E-state index is -5.19. The van der Waals surface area contributed by atoms with Gasteiger partial charge in [-0.05, 0) is 0 Å². The maximum atomic E-state index is 14.6. The fourth-order valence-electron chi connectivity index (χ4n) is 3.97. The molecular formula is C28H8F14Hg2O13. The van der Waals surface area contributed by atoms with Crippen LogP contribution < -0.4 is 31.3 Å². The number of hydrogen-bond acceptors (Lipinski definition) is 13. The van der Waals surface area contributed by atoms with Crippen molar-refractivity contribution in [3.63, 3.8) is 0 Å². The van der Waals surface area contributed by atoms with Crippen molar-refractivity contribution in [2.24, 2.45) is 0 Å². The van der Waals surface area contributed by atoms with Crippen LogP contribution in [-0.2, 0) is 81.8 Å². The molecular weight excluding hydrogens is 1210 g/mol. The van der Waals surface area contributed by atoms with E-state index >= 15 is 0 Å². The van der Waals surface area contributed by atoms with E-state index in [9.17, 15) is 76.5 Å². The maximum absolute atomic E-state index is 14.6. The van der Waals surface area contributed by atoms with Crippen LogP contribution in [0.3, 0.4) is 0 Å². The van der Waals surface area contributed by atoms with Crippen LogP contribution in [0.5, 0.6) is 23.0 Å². The quantitative estimate of drug-likeness (QED) is 0.164. The summed E-state index contributed by atoms with van der Waals surface area (Å²) in [7, 11) is 0. The number of carboxylic acids is 4. The second-order valence-corrected chi connectivity index (χ2v) is 15.5. The second-order valence-electron chi connectivity index (χ2n) is 9.98. The number of hydrogen-bond donors (Lipinski definition) is 2. The fraction of sp³-hybridized carbons (Fsp3) is 0.179. The van der Waals surface area contributed by atoms with Gasteiger partial charge in [-0.25, -0.2) is 0 Å². The predicted molar refractivity (Wildman–Crippen MR) is 131 cm³/mol. The van der Waals surface area contributed by atoms with Gasteiger partial charge in [0.15, 0.2) is 0 Å². The Morgan fingerprint density at radius 3 is 1.14 bits per heavy atom. The van der Waals surface area contributed by atoms with Crippen molar-refractivity contribution in [1.82, 2.24) is 0 Å². The molecule has 0 bridgehead atoms. The Kier molecular flexibility index (Phi) is 16.1. The van der Waals surface area contributed by atoms with E-state index < -0.39 is 83.3 Å². The summed E-state index contributed by atoms with van der Waals surface area (Å²) < 4.78 is 168. The van der Waals surface area contributed by atoms with Gasteiger partial charge < -0.3 is 39.6 Å². The molecule has 5 rings (SSSR count). The van der Waals surface area contributed by atoms with Crippen molar-refractivity contribution in [3.8, 4) is 23.0 Å². The molecule has 3 aromatic carbocycles. The van der Waals surface area contributed by atoms with Crippen molar-refractivity contribution in [1.29, 1.82) is 0 Å². The van der Waals surface area contributed by atoms with Crippen molar-refractivity contribution in [2.45, 2.75) is 30.3 Å². The Labute approximate surface area is 336 Å². The first-order chi connectivity index (χ1) is 25.5. The molecule has 3 aromatic rings. The van der Waals surface area contributed by atoms with Crippen LogP contribution in [-0.4, -0.2) is 64.8 Å². The van der Waals surface area contributed by atoms with Gasteiger partial charge in [0.05, 0.1) is 0 Å². The molecule has 1 spiro atoms. The summed E-state index contributed by atoms with van der Waals surface area (Å²) in [5.74, 6) is -15.0. The van der Waals surface area contributed by atoms with Gasteiger partial charge in [0.2, 0.25) is 0 Å². The van der Waals surface area contributed by atoms with Crippen molar-refractivity contribution >= 4 is 36.0 Å². The molecule has 0 aliphatic carbocycles. The summed E-state index contributed by atoms with van der Waals surface area (Å²) in [5.41, 5.74) is -0.510. The molecule has 0 aromatic heterocycles. The van der Waals surface area contributed by atoms with Crippen LogP contribution in [0.4, 0.5) is 61.5 Å². The van der Waals surface area contributed by atoms with E-state index in [1.807, 2.05) is 0 Å². The van der Waals surface area contributed by atoms with E-state index in [1.165, 1.54) is 0 Å². The number of esters is 1. The van der Waals surface area contributed by atoms with E-state index in [0.29, 0.717) is 11.7 Å². The number of ether oxygens (including phenoxy) is 2. The van der Waals surface area contributed by atoms with Gasteiger partial charge in [0.1, 0.15) is 23.9 Å². The third-order valence-electron chi connectivity index (χ3n) is 6.26. The number of aliphatic carboxylic acids is 4. The third kappa shape index (κ3) is 12.2. The minimum absolute atomic E-state index is 0.196. The molecule has 57 heavy (non-hydrogen) atoms. The number of phenols is 2. The molecule has 300 valence electrons. The Morgan fingerprint density at radius 1 is 0.579 bits per heavy atom. The molecule has 0 fully saturated rings. The van der Waals surface area contributed by atoms with Crippen LogP contribution in [0.1, 0.15) is 27.0 Å². The molecule has 2 aliphatic rings. The fourth-order valence-corrected chi connectivity index (χ4v) is 7.33. The molecule has 13 nitrogen and oxygen atoms in total. The van der Waals surface area contributed by atoms with E-state index in [1.54, 1.807) is 24.3 Å². The van der Waals surface area contributed by atoms with Gasteiger partial charge in [0.25, 0.3) is 0 Å². The topological polar surface area (TPSA) is 237 Å². The molecule has 0 atom stereocenters. The monoisotopic (exact) mass is 1220 g/mol. The number of carboxylic acid groups (broad SMARTS) is 4. The van der Waals surface area contributed by atoms with Crippen LogP contribution >= 0.6 is 0 Å². The number of phenolic OH excluding ortho intramolecular Hbond substituents is 2. The molecule has 2 heterocycles. The molecule has 0 saturated heterocycles. The van der Waals surface area contributed by atoms with Gasteiger partial charge in [-0.15, -0.1) is 0 Å².